The smallest absolute Gasteiger partial charge is 0.328 e. The van der Waals surface area contributed by atoms with Crippen LogP contribution in [-0.4, -0.2) is 38.7 Å². The Balaban J connectivity index is 1.45. The highest BCUT2D eigenvalue weighted by Crippen LogP contribution is 2.40. The Hall–Kier alpha value is -2.00. The molecule has 0 spiro atoms. The standard InChI is InChI=1S/C20H27F3N6/c21-20(22,23)13-3-10-17(18(11-13)19-26-28-29-27-19)12-1-6-15(7-2-12)25-16-8-4-14(24)5-9-16/h3,10-12,14-16,25H,1-2,4-9,24H2,(H,26,27,28,29). The molecule has 0 radical (unpaired) electrons. The van der Waals surface area contributed by atoms with E-state index in [1.54, 1.807) is 6.07 Å². The van der Waals surface area contributed by atoms with E-state index in [9.17, 15) is 13.2 Å². The van der Waals surface area contributed by atoms with Crippen molar-refractivity contribution in [3.05, 3.63) is 29.3 Å². The lowest BCUT2D eigenvalue weighted by Crippen LogP contribution is -2.43. The topological polar surface area (TPSA) is 92.5 Å². The molecule has 0 bridgehead atoms. The lowest BCUT2D eigenvalue weighted by atomic mass is 9.79. The van der Waals surface area contributed by atoms with E-state index in [1.165, 1.54) is 0 Å². The first-order valence-corrected chi connectivity index (χ1v) is 10.4. The summed E-state index contributed by atoms with van der Waals surface area (Å²) in [4.78, 5) is 0. The number of halogens is 3. The third kappa shape index (κ3) is 4.78. The van der Waals surface area contributed by atoms with Crippen LogP contribution in [0.25, 0.3) is 11.4 Å². The number of aromatic amines is 1. The molecule has 158 valence electrons. The van der Waals surface area contributed by atoms with Gasteiger partial charge >= 0.3 is 6.18 Å². The van der Waals surface area contributed by atoms with Gasteiger partial charge in [-0.1, -0.05) is 6.07 Å². The predicted octanol–water partition coefficient (Wildman–Crippen LogP) is 3.77. The van der Waals surface area contributed by atoms with Gasteiger partial charge in [-0.3, -0.25) is 0 Å². The highest BCUT2D eigenvalue weighted by atomic mass is 19.4. The number of nitrogens with one attached hydrogen (secondary N) is 2. The number of benzene rings is 1. The van der Waals surface area contributed by atoms with Crippen LogP contribution in [0.5, 0.6) is 0 Å². The van der Waals surface area contributed by atoms with Crippen LogP contribution in [0.3, 0.4) is 0 Å². The summed E-state index contributed by atoms with van der Waals surface area (Å²) in [7, 11) is 0. The highest BCUT2D eigenvalue weighted by Gasteiger charge is 2.33. The van der Waals surface area contributed by atoms with Crippen LogP contribution in [0.1, 0.15) is 68.4 Å². The number of nitrogens with two attached hydrogens (primary N) is 1. The van der Waals surface area contributed by atoms with Gasteiger partial charge in [-0.25, -0.2) is 0 Å². The Morgan fingerprint density at radius 1 is 0.966 bits per heavy atom. The Kier molecular flexibility index (Phi) is 5.87. The van der Waals surface area contributed by atoms with Gasteiger partial charge in [-0.05, 0) is 80.2 Å². The molecule has 2 saturated carbocycles. The van der Waals surface area contributed by atoms with Gasteiger partial charge in [0.15, 0.2) is 0 Å². The second-order valence-electron chi connectivity index (χ2n) is 8.36. The molecule has 0 unspecified atom stereocenters. The molecule has 0 amide bonds. The van der Waals surface area contributed by atoms with Crippen molar-refractivity contribution in [2.75, 3.05) is 0 Å². The summed E-state index contributed by atoms with van der Waals surface area (Å²) in [6.07, 6.45) is 3.89. The normalized spacial score (nSPS) is 28.4. The Bertz CT molecular complexity index is 791. The highest BCUT2D eigenvalue weighted by molar-refractivity contribution is 5.62. The summed E-state index contributed by atoms with van der Waals surface area (Å²) in [5.41, 5.74) is 6.60. The second kappa shape index (κ2) is 8.39. The molecule has 4 rings (SSSR count). The molecule has 0 saturated heterocycles. The predicted molar refractivity (Wildman–Crippen MR) is 103 cm³/mol. The minimum Gasteiger partial charge on any atom is -0.328 e. The molecule has 0 atom stereocenters. The molecule has 1 heterocycles. The Morgan fingerprint density at radius 2 is 1.62 bits per heavy atom. The average molecular weight is 408 g/mol. The zero-order valence-corrected chi connectivity index (χ0v) is 16.3. The van der Waals surface area contributed by atoms with Crippen molar-refractivity contribution < 1.29 is 13.2 Å². The van der Waals surface area contributed by atoms with E-state index in [4.69, 9.17) is 5.73 Å². The molecule has 1 aromatic heterocycles. The summed E-state index contributed by atoms with van der Waals surface area (Å²) in [6, 6.07) is 5.25. The molecule has 6 nitrogen and oxygen atoms in total. The largest absolute Gasteiger partial charge is 0.416 e. The van der Waals surface area contributed by atoms with Gasteiger partial charge in [0.1, 0.15) is 0 Å². The summed E-state index contributed by atoms with van der Waals surface area (Å²) in [6.45, 7) is 0. The molecular weight excluding hydrogens is 381 g/mol. The molecule has 1 aromatic carbocycles. The van der Waals surface area contributed by atoms with Crippen molar-refractivity contribution >= 4 is 0 Å². The number of hydrogen-bond donors (Lipinski definition) is 3. The van der Waals surface area contributed by atoms with Gasteiger partial charge < -0.3 is 11.1 Å². The van der Waals surface area contributed by atoms with Gasteiger partial charge in [-0.15, -0.1) is 10.2 Å². The first kappa shape index (κ1) is 20.3. The molecule has 4 N–H and O–H groups in total. The fourth-order valence-corrected chi connectivity index (χ4v) is 4.75. The minimum absolute atomic E-state index is 0.198. The van der Waals surface area contributed by atoms with Crippen molar-refractivity contribution in [1.29, 1.82) is 0 Å². The number of rotatable bonds is 4. The number of nitrogens with zero attached hydrogens (tertiary/aromatic N) is 3. The number of alkyl halides is 3. The third-order valence-electron chi connectivity index (χ3n) is 6.38. The lowest BCUT2D eigenvalue weighted by Gasteiger charge is -2.35. The van der Waals surface area contributed by atoms with E-state index in [2.05, 4.69) is 25.9 Å². The van der Waals surface area contributed by atoms with Gasteiger partial charge in [0.25, 0.3) is 0 Å². The lowest BCUT2D eigenvalue weighted by molar-refractivity contribution is -0.137. The molecule has 0 aliphatic heterocycles. The molecule has 2 aromatic rings. The van der Waals surface area contributed by atoms with Gasteiger partial charge in [0, 0.05) is 23.7 Å². The van der Waals surface area contributed by atoms with Crippen molar-refractivity contribution in [2.24, 2.45) is 5.73 Å². The fourth-order valence-electron chi connectivity index (χ4n) is 4.75. The van der Waals surface area contributed by atoms with Crippen molar-refractivity contribution in [1.82, 2.24) is 25.9 Å². The van der Waals surface area contributed by atoms with Crippen LogP contribution in [0.15, 0.2) is 18.2 Å². The first-order chi connectivity index (χ1) is 13.9. The van der Waals surface area contributed by atoms with Crippen LogP contribution >= 0.6 is 0 Å². The number of aromatic nitrogens is 4. The van der Waals surface area contributed by atoms with Crippen LogP contribution in [0.4, 0.5) is 13.2 Å². The quantitative estimate of drug-likeness (QED) is 0.716. The Morgan fingerprint density at radius 3 is 2.21 bits per heavy atom. The SMILES string of the molecule is NC1CCC(NC2CCC(c3ccc(C(F)(F)F)cc3-c3nn[nH]n3)CC2)CC1. The molecule has 9 heteroatoms. The third-order valence-corrected chi connectivity index (χ3v) is 6.38. The summed E-state index contributed by atoms with van der Waals surface area (Å²) >= 11 is 0. The summed E-state index contributed by atoms with van der Waals surface area (Å²) in [5, 5.41) is 17.5. The van der Waals surface area contributed by atoms with Gasteiger partial charge in [0.2, 0.25) is 5.82 Å². The van der Waals surface area contributed by atoms with E-state index < -0.39 is 11.7 Å². The summed E-state index contributed by atoms with van der Waals surface area (Å²) in [5.74, 6) is 0.411. The maximum atomic E-state index is 13.2. The molecule has 2 aliphatic rings. The molecule has 2 fully saturated rings. The molecule has 2 aliphatic carbocycles. The minimum atomic E-state index is -4.40. The van der Waals surface area contributed by atoms with E-state index in [1.807, 2.05) is 0 Å². The molecule has 29 heavy (non-hydrogen) atoms. The van der Waals surface area contributed by atoms with E-state index >= 15 is 0 Å². The van der Waals surface area contributed by atoms with Crippen LogP contribution in [-0.2, 0) is 6.18 Å². The monoisotopic (exact) mass is 408 g/mol. The van der Waals surface area contributed by atoms with E-state index in [0.717, 1.165) is 69.1 Å². The maximum absolute atomic E-state index is 13.2. The average Bonchev–Trinajstić information content (AvgIpc) is 3.24. The number of H-pyrrole nitrogens is 1. The maximum Gasteiger partial charge on any atom is 0.416 e. The summed E-state index contributed by atoms with van der Waals surface area (Å²) < 4.78 is 39.6. The van der Waals surface area contributed by atoms with Crippen molar-refractivity contribution in [3.8, 4) is 11.4 Å². The van der Waals surface area contributed by atoms with Crippen LogP contribution in [0, 0.1) is 0 Å². The van der Waals surface area contributed by atoms with Gasteiger partial charge in [0.05, 0.1) is 5.56 Å². The number of tetrazole rings is 1. The zero-order valence-electron chi connectivity index (χ0n) is 16.3. The van der Waals surface area contributed by atoms with Crippen molar-refractivity contribution in [3.63, 3.8) is 0 Å². The fraction of sp³-hybridized carbons (Fsp3) is 0.650. The molecular formula is C20H27F3N6. The van der Waals surface area contributed by atoms with Crippen molar-refractivity contribution in [2.45, 2.75) is 81.6 Å². The van der Waals surface area contributed by atoms with E-state index in [-0.39, 0.29) is 11.7 Å². The van der Waals surface area contributed by atoms with E-state index in [0.29, 0.717) is 23.7 Å². The second-order valence-corrected chi connectivity index (χ2v) is 8.36. The zero-order chi connectivity index (χ0) is 20.4. The van der Waals surface area contributed by atoms with Crippen LogP contribution < -0.4 is 11.1 Å². The van der Waals surface area contributed by atoms with Crippen LogP contribution in [0.2, 0.25) is 0 Å². The first-order valence-electron chi connectivity index (χ1n) is 10.4. The number of hydrogen-bond acceptors (Lipinski definition) is 5. The van der Waals surface area contributed by atoms with Gasteiger partial charge in [-0.2, -0.15) is 18.4 Å². The Labute approximate surface area is 167 Å².